The molecular formula is C13H15NO2. The van der Waals surface area contributed by atoms with Gasteiger partial charge < -0.3 is 14.8 Å². The Morgan fingerprint density at radius 3 is 3.06 bits per heavy atom. The first-order chi connectivity index (χ1) is 7.79. The lowest BCUT2D eigenvalue weighted by atomic mass is 10.1. The number of ether oxygens (including phenoxy) is 2. The molecule has 84 valence electrons. The maximum atomic E-state index is 5.33. The van der Waals surface area contributed by atoms with Crippen molar-refractivity contribution in [3.05, 3.63) is 23.8 Å². The van der Waals surface area contributed by atoms with Crippen molar-refractivity contribution in [2.75, 3.05) is 13.3 Å². The Balaban J connectivity index is 1.97. The van der Waals surface area contributed by atoms with Crippen LogP contribution in [-0.4, -0.2) is 19.4 Å². The summed E-state index contributed by atoms with van der Waals surface area (Å²) in [5, 5.41) is 3.24. The van der Waals surface area contributed by atoms with Crippen molar-refractivity contribution in [1.29, 1.82) is 0 Å². The van der Waals surface area contributed by atoms with Crippen LogP contribution >= 0.6 is 0 Å². The SMILES string of the molecule is C#CCNC(C)Cc1ccc2c(c1)OCO2. The fraction of sp³-hybridized carbons (Fsp3) is 0.385. The molecule has 1 N–H and O–H groups in total. The van der Waals surface area contributed by atoms with Crippen LogP contribution in [0.1, 0.15) is 12.5 Å². The topological polar surface area (TPSA) is 30.5 Å². The van der Waals surface area contributed by atoms with Gasteiger partial charge in [-0.25, -0.2) is 0 Å². The molecule has 0 amide bonds. The molecule has 1 heterocycles. The summed E-state index contributed by atoms with van der Waals surface area (Å²) in [6.07, 6.45) is 6.12. The summed E-state index contributed by atoms with van der Waals surface area (Å²) in [5.41, 5.74) is 1.22. The van der Waals surface area contributed by atoms with Gasteiger partial charge in [-0.1, -0.05) is 12.0 Å². The van der Waals surface area contributed by atoms with Gasteiger partial charge in [-0.15, -0.1) is 6.42 Å². The number of hydrogen-bond acceptors (Lipinski definition) is 3. The molecule has 1 atom stereocenters. The molecule has 1 aromatic rings. The Bertz CT molecular complexity index is 409. The second-order valence-corrected chi connectivity index (χ2v) is 3.88. The molecule has 3 heteroatoms. The predicted octanol–water partition coefficient (Wildman–Crippen LogP) is 1.57. The number of hydrogen-bond donors (Lipinski definition) is 1. The molecule has 16 heavy (non-hydrogen) atoms. The average Bonchev–Trinajstić information content (AvgIpc) is 2.73. The summed E-state index contributed by atoms with van der Waals surface area (Å²) in [6.45, 7) is 3.04. The Kier molecular flexibility index (Phi) is 3.33. The Morgan fingerprint density at radius 1 is 1.44 bits per heavy atom. The van der Waals surface area contributed by atoms with Gasteiger partial charge >= 0.3 is 0 Å². The molecule has 1 aliphatic heterocycles. The Morgan fingerprint density at radius 2 is 2.25 bits per heavy atom. The lowest BCUT2D eigenvalue weighted by Crippen LogP contribution is -2.28. The Hall–Kier alpha value is -1.66. The largest absolute Gasteiger partial charge is 0.454 e. The van der Waals surface area contributed by atoms with E-state index in [-0.39, 0.29) is 0 Å². The third-order valence-corrected chi connectivity index (χ3v) is 2.53. The Labute approximate surface area is 95.8 Å². The van der Waals surface area contributed by atoms with Crippen molar-refractivity contribution >= 4 is 0 Å². The number of fused-ring (bicyclic) bond motifs is 1. The molecule has 0 bridgehead atoms. The summed E-state index contributed by atoms with van der Waals surface area (Å²) in [4.78, 5) is 0. The number of terminal acetylenes is 1. The highest BCUT2D eigenvalue weighted by atomic mass is 16.7. The van der Waals surface area contributed by atoms with Crippen LogP contribution in [0, 0.1) is 12.3 Å². The van der Waals surface area contributed by atoms with Crippen LogP contribution < -0.4 is 14.8 Å². The lowest BCUT2D eigenvalue weighted by molar-refractivity contribution is 0.174. The summed E-state index contributed by atoms with van der Waals surface area (Å²) in [5.74, 6) is 4.23. The van der Waals surface area contributed by atoms with Crippen molar-refractivity contribution in [2.45, 2.75) is 19.4 Å². The zero-order valence-electron chi connectivity index (χ0n) is 9.32. The van der Waals surface area contributed by atoms with E-state index in [1.165, 1.54) is 5.56 Å². The van der Waals surface area contributed by atoms with Crippen LogP contribution in [0.5, 0.6) is 11.5 Å². The minimum atomic E-state index is 0.323. The average molecular weight is 217 g/mol. The molecule has 1 unspecified atom stereocenters. The van der Waals surface area contributed by atoms with E-state index in [1.54, 1.807) is 0 Å². The molecule has 1 aromatic carbocycles. The van der Waals surface area contributed by atoms with Crippen molar-refractivity contribution in [1.82, 2.24) is 5.32 Å². The first kappa shape index (κ1) is 10.8. The summed E-state index contributed by atoms with van der Waals surface area (Å²) in [7, 11) is 0. The highest BCUT2D eigenvalue weighted by Crippen LogP contribution is 2.32. The van der Waals surface area contributed by atoms with Gasteiger partial charge in [-0.3, -0.25) is 0 Å². The van der Waals surface area contributed by atoms with E-state index in [0.29, 0.717) is 19.4 Å². The van der Waals surface area contributed by atoms with Crippen LogP contribution in [0.15, 0.2) is 18.2 Å². The molecule has 0 spiro atoms. The molecule has 3 nitrogen and oxygen atoms in total. The quantitative estimate of drug-likeness (QED) is 0.776. The molecule has 0 aliphatic carbocycles. The maximum absolute atomic E-state index is 5.33. The number of nitrogens with one attached hydrogen (secondary N) is 1. The van der Waals surface area contributed by atoms with E-state index in [0.717, 1.165) is 17.9 Å². The molecule has 0 saturated heterocycles. The number of rotatable bonds is 4. The van der Waals surface area contributed by atoms with Crippen LogP contribution in [-0.2, 0) is 6.42 Å². The van der Waals surface area contributed by atoms with Gasteiger partial charge in [0.05, 0.1) is 6.54 Å². The summed E-state index contributed by atoms with van der Waals surface area (Å²) >= 11 is 0. The zero-order chi connectivity index (χ0) is 11.4. The van der Waals surface area contributed by atoms with Crippen LogP contribution in [0.4, 0.5) is 0 Å². The second-order valence-electron chi connectivity index (χ2n) is 3.88. The van der Waals surface area contributed by atoms with Gasteiger partial charge in [-0.05, 0) is 31.0 Å². The molecule has 0 fully saturated rings. The highest BCUT2D eigenvalue weighted by molar-refractivity contribution is 5.44. The summed E-state index contributed by atoms with van der Waals surface area (Å²) in [6, 6.07) is 6.39. The van der Waals surface area contributed by atoms with Crippen molar-refractivity contribution in [2.24, 2.45) is 0 Å². The molecule has 0 radical (unpaired) electrons. The molecule has 2 rings (SSSR count). The maximum Gasteiger partial charge on any atom is 0.231 e. The van der Waals surface area contributed by atoms with E-state index >= 15 is 0 Å². The molecule has 1 aliphatic rings. The van der Waals surface area contributed by atoms with E-state index in [2.05, 4.69) is 24.2 Å². The molecule has 0 aromatic heterocycles. The van der Waals surface area contributed by atoms with Gasteiger partial charge in [-0.2, -0.15) is 0 Å². The molecular weight excluding hydrogens is 202 g/mol. The van der Waals surface area contributed by atoms with Crippen LogP contribution in [0.3, 0.4) is 0 Å². The van der Waals surface area contributed by atoms with Crippen molar-refractivity contribution in [3.8, 4) is 23.8 Å². The highest BCUT2D eigenvalue weighted by Gasteiger charge is 2.13. The lowest BCUT2D eigenvalue weighted by Gasteiger charge is -2.11. The van der Waals surface area contributed by atoms with E-state index < -0.39 is 0 Å². The first-order valence-electron chi connectivity index (χ1n) is 5.35. The van der Waals surface area contributed by atoms with Gasteiger partial charge in [0, 0.05) is 6.04 Å². The van der Waals surface area contributed by atoms with Crippen molar-refractivity contribution in [3.63, 3.8) is 0 Å². The third kappa shape index (κ3) is 2.47. The monoisotopic (exact) mass is 217 g/mol. The minimum absolute atomic E-state index is 0.323. The normalized spacial score (nSPS) is 14.5. The third-order valence-electron chi connectivity index (χ3n) is 2.53. The van der Waals surface area contributed by atoms with Crippen LogP contribution in [0.25, 0.3) is 0 Å². The fourth-order valence-corrected chi connectivity index (χ4v) is 1.73. The van der Waals surface area contributed by atoms with Gasteiger partial charge in [0.2, 0.25) is 6.79 Å². The van der Waals surface area contributed by atoms with E-state index in [9.17, 15) is 0 Å². The summed E-state index contributed by atoms with van der Waals surface area (Å²) < 4.78 is 10.6. The fourth-order valence-electron chi connectivity index (χ4n) is 1.73. The molecule has 0 saturated carbocycles. The van der Waals surface area contributed by atoms with Crippen LogP contribution in [0.2, 0.25) is 0 Å². The second kappa shape index (κ2) is 4.91. The minimum Gasteiger partial charge on any atom is -0.454 e. The first-order valence-corrected chi connectivity index (χ1v) is 5.35. The van der Waals surface area contributed by atoms with Gasteiger partial charge in [0.25, 0.3) is 0 Å². The van der Waals surface area contributed by atoms with E-state index in [1.807, 2.05) is 12.1 Å². The van der Waals surface area contributed by atoms with Crippen molar-refractivity contribution < 1.29 is 9.47 Å². The smallest absolute Gasteiger partial charge is 0.231 e. The van der Waals surface area contributed by atoms with Gasteiger partial charge in [0.15, 0.2) is 11.5 Å². The van der Waals surface area contributed by atoms with E-state index in [4.69, 9.17) is 15.9 Å². The number of benzene rings is 1. The van der Waals surface area contributed by atoms with Gasteiger partial charge in [0.1, 0.15) is 0 Å². The predicted molar refractivity (Wildman–Crippen MR) is 62.6 cm³/mol. The standard InChI is InChI=1S/C13H15NO2/c1-3-6-14-10(2)7-11-4-5-12-13(8-11)16-9-15-12/h1,4-5,8,10,14H,6-7,9H2,2H3. The zero-order valence-corrected chi connectivity index (χ0v) is 9.32.